The Morgan fingerprint density at radius 3 is 2.90 bits per heavy atom. The molecule has 0 saturated carbocycles. The normalized spacial score (nSPS) is 16.4. The number of hydrogen-bond donors (Lipinski definition) is 1. The Bertz CT molecular complexity index is 570. The molecule has 3 heteroatoms. The highest BCUT2D eigenvalue weighted by Crippen LogP contribution is 2.27. The lowest BCUT2D eigenvalue weighted by molar-refractivity contribution is 0.321. The molecular weight excluding hydrogens is 260 g/mol. The molecule has 1 aliphatic rings. The third-order valence-corrected chi connectivity index (χ3v) is 4.47. The van der Waals surface area contributed by atoms with Crippen molar-refractivity contribution in [3.8, 4) is 5.75 Å². The van der Waals surface area contributed by atoms with Crippen molar-refractivity contribution in [2.45, 2.75) is 39.2 Å². The Labute approximate surface area is 127 Å². The van der Waals surface area contributed by atoms with Crippen LogP contribution in [-0.4, -0.2) is 24.3 Å². The van der Waals surface area contributed by atoms with Crippen LogP contribution < -0.4 is 10.1 Å². The fourth-order valence-corrected chi connectivity index (χ4v) is 3.22. The van der Waals surface area contributed by atoms with Gasteiger partial charge in [0.15, 0.2) is 0 Å². The minimum absolute atomic E-state index is 0.791. The summed E-state index contributed by atoms with van der Waals surface area (Å²) in [5.74, 6) is 1.90. The van der Waals surface area contributed by atoms with Gasteiger partial charge in [-0.05, 0) is 62.9 Å². The zero-order chi connectivity index (χ0) is 14.5. The average Bonchev–Trinajstić information content (AvgIpc) is 2.96. The molecule has 0 aliphatic carbocycles. The number of ether oxygens (including phenoxy) is 1. The lowest BCUT2D eigenvalue weighted by Crippen LogP contribution is -2.28. The second kappa shape index (κ2) is 6.99. The minimum Gasteiger partial charge on any atom is -0.493 e. The zero-order valence-electron chi connectivity index (χ0n) is 13.0. The number of hydrogen-bond acceptors (Lipinski definition) is 2. The van der Waals surface area contributed by atoms with Crippen molar-refractivity contribution in [2.24, 2.45) is 5.92 Å². The second-order valence-electron chi connectivity index (χ2n) is 6.03. The van der Waals surface area contributed by atoms with Crippen LogP contribution in [0.1, 0.15) is 32.6 Å². The summed E-state index contributed by atoms with van der Waals surface area (Å²) in [5, 5.41) is 4.69. The number of piperidine rings is 1. The van der Waals surface area contributed by atoms with E-state index in [2.05, 4.69) is 47.3 Å². The van der Waals surface area contributed by atoms with E-state index in [-0.39, 0.29) is 0 Å². The fraction of sp³-hybridized carbons (Fsp3) is 0.556. The highest BCUT2D eigenvalue weighted by Gasteiger charge is 2.13. The van der Waals surface area contributed by atoms with Gasteiger partial charge in [-0.1, -0.05) is 13.0 Å². The maximum Gasteiger partial charge on any atom is 0.128 e. The monoisotopic (exact) mass is 286 g/mol. The molecule has 0 unspecified atom stereocenters. The van der Waals surface area contributed by atoms with E-state index in [1.54, 1.807) is 0 Å². The first kappa shape index (κ1) is 14.5. The van der Waals surface area contributed by atoms with Crippen molar-refractivity contribution in [2.75, 3.05) is 19.7 Å². The fourth-order valence-electron chi connectivity index (χ4n) is 3.22. The molecule has 1 saturated heterocycles. The smallest absolute Gasteiger partial charge is 0.128 e. The van der Waals surface area contributed by atoms with Crippen LogP contribution in [0.15, 0.2) is 30.5 Å². The van der Waals surface area contributed by atoms with Gasteiger partial charge >= 0.3 is 0 Å². The molecule has 0 atom stereocenters. The van der Waals surface area contributed by atoms with Gasteiger partial charge < -0.3 is 14.6 Å². The van der Waals surface area contributed by atoms with E-state index in [1.807, 2.05) is 0 Å². The molecule has 1 N–H and O–H groups in total. The van der Waals surface area contributed by atoms with E-state index >= 15 is 0 Å². The van der Waals surface area contributed by atoms with Gasteiger partial charge in [-0.2, -0.15) is 0 Å². The van der Waals surface area contributed by atoms with Crippen LogP contribution in [-0.2, 0) is 6.54 Å². The molecule has 1 aliphatic heterocycles. The molecule has 1 aromatic carbocycles. The first-order chi connectivity index (χ1) is 10.4. The Hall–Kier alpha value is -1.48. The molecular formula is C18H26N2O. The molecule has 0 amide bonds. The first-order valence-corrected chi connectivity index (χ1v) is 8.30. The van der Waals surface area contributed by atoms with Gasteiger partial charge in [0.1, 0.15) is 5.75 Å². The maximum atomic E-state index is 5.85. The van der Waals surface area contributed by atoms with Gasteiger partial charge in [-0.3, -0.25) is 0 Å². The maximum absolute atomic E-state index is 5.85. The summed E-state index contributed by atoms with van der Waals surface area (Å²) in [6, 6.07) is 8.59. The number of nitrogens with one attached hydrogen (secondary N) is 1. The summed E-state index contributed by atoms with van der Waals surface area (Å²) in [6.07, 6.45) is 7.19. The molecule has 3 nitrogen and oxygen atoms in total. The van der Waals surface area contributed by atoms with E-state index in [1.165, 1.54) is 43.3 Å². The molecule has 2 heterocycles. The SMILES string of the molecule is CCCOc1cccc2c1ccn2CCC1CCNCC1. The van der Waals surface area contributed by atoms with E-state index < -0.39 is 0 Å². The molecule has 3 rings (SSSR count). The van der Waals surface area contributed by atoms with Crippen LogP contribution >= 0.6 is 0 Å². The van der Waals surface area contributed by atoms with Crippen molar-refractivity contribution >= 4 is 10.9 Å². The Balaban J connectivity index is 1.70. The van der Waals surface area contributed by atoms with Crippen molar-refractivity contribution < 1.29 is 4.74 Å². The zero-order valence-corrected chi connectivity index (χ0v) is 13.0. The van der Waals surface area contributed by atoms with Crippen molar-refractivity contribution in [1.29, 1.82) is 0 Å². The number of nitrogens with zero attached hydrogens (tertiary/aromatic N) is 1. The van der Waals surface area contributed by atoms with E-state index in [0.29, 0.717) is 0 Å². The highest BCUT2D eigenvalue weighted by molar-refractivity contribution is 5.86. The lowest BCUT2D eigenvalue weighted by Gasteiger charge is -2.22. The van der Waals surface area contributed by atoms with E-state index in [9.17, 15) is 0 Å². The van der Waals surface area contributed by atoms with Gasteiger partial charge in [0, 0.05) is 18.1 Å². The first-order valence-electron chi connectivity index (χ1n) is 8.30. The quantitative estimate of drug-likeness (QED) is 0.873. The topological polar surface area (TPSA) is 26.2 Å². The molecule has 1 fully saturated rings. The van der Waals surface area contributed by atoms with Crippen LogP contribution in [0.4, 0.5) is 0 Å². The van der Waals surface area contributed by atoms with Gasteiger partial charge in [0.25, 0.3) is 0 Å². The number of aromatic nitrogens is 1. The summed E-state index contributed by atoms with van der Waals surface area (Å²) in [6.45, 7) is 6.42. The minimum atomic E-state index is 0.791. The summed E-state index contributed by atoms with van der Waals surface area (Å²) in [7, 11) is 0. The van der Waals surface area contributed by atoms with Crippen LogP contribution in [0.5, 0.6) is 5.75 Å². The standard InChI is InChI=1S/C18H26N2O/c1-2-14-21-18-5-3-4-17-16(18)9-13-20(17)12-8-15-6-10-19-11-7-15/h3-5,9,13,15,19H,2,6-8,10-12,14H2,1H3. The lowest BCUT2D eigenvalue weighted by atomic mass is 9.95. The molecule has 0 spiro atoms. The number of rotatable bonds is 6. The highest BCUT2D eigenvalue weighted by atomic mass is 16.5. The van der Waals surface area contributed by atoms with Crippen LogP contribution in [0.3, 0.4) is 0 Å². The Morgan fingerprint density at radius 1 is 1.24 bits per heavy atom. The van der Waals surface area contributed by atoms with Gasteiger partial charge in [0.05, 0.1) is 12.1 Å². The number of aryl methyl sites for hydroxylation is 1. The summed E-state index contributed by atoms with van der Waals surface area (Å²) in [5.41, 5.74) is 1.30. The van der Waals surface area contributed by atoms with Crippen molar-refractivity contribution in [1.82, 2.24) is 9.88 Å². The van der Waals surface area contributed by atoms with Gasteiger partial charge in [0.2, 0.25) is 0 Å². The number of fused-ring (bicyclic) bond motifs is 1. The number of benzene rings is 1. The average molecular weight is 286 g/mol. The summed E-state index contributed by atoms with van der Waals surface area (Å²) < 4.78 is 8.24. The predicted molar refractivity (Wildman–Crippen MR) is 87.9 cm³/mol. The van der Waals surface area contributed by atoms with Gasteiger partial charge in [-0.25, -0.2) is 0 Å². The molecule has 114 valence electrons. The molecule has 1 aromatic heterocycles. The van der Waals surface area contributed by atoms with Crippen molar-refractivity contribution in [3.05, 3.63) is 30.5 Å². The van der Waals surface area contributed by atoms with Crippen LogP contribution in [0, 0.1) is 5.92 Å². The third-order valence-electron chi connectivity index (χ3n) is 4.47. The van der Waals surface area contributed by atoms with Crippen LogP contribution in [0.2, 0.25) is 0 Å². The Morgan fingerprint density at radius 2 is 2.10 bits per heavy atom. The van der Waals surface area contributed by atoms with E-state index in [0.717, 1.165) is 31.2 Å². The van der Waals surface area contributed by atoms with E-state index in [4.69, 9.17) is 4.74 Å². The van der Waals surface area contributed by atoms with Gasteiger partial charge in [-0.15, -0.1) is 0 Å². The Kier molecular flexibility index (Phi) is 4.81. The largest absolute Gasteiger partial charge is 0.493 e. The molecule has 0 bridgehead atoms. The summed E-state index contributed by atoms with van der Waals surface area (Å²) >= 11 is 0. The van der Waals surface area contributed by atoms with Crippen LogP contribution in [0.25, 0.3) is 10.9 Å². The molecule has 0 radical (unpaired) electrons. The molecule has 21 heavy (non-hydrogen) atoms. The third kappa shape index (κ3) is 3.41. The van der Waals surface area contributed by atoms with Crippen molar-refractivity contribution in [3.63, 3.8) is 0 Å². The predicted octanol–water partition coefficient (Wildman–Crippen LogP) is 3.82. The molecule has 2 aromatic rings. The summed E-state index contributed by atoms with van der Waals surface area (Å²) in [4.78, 5) is 0. The second-order valence-corrected chi connectivity index (χ2v) is 6.03.